The number of rotatable bonds is 10. The normalized spacial score (nSPS) is 11.1. The summed E-state index contributed by atoms with van der Waals surface area (Å²) in [6.07, 6.45) is 4.51. The fourth-order valence-electron chi connectivity index (χ4n) is 3.89. The minimum atomic E-state index is -0.595. The lowest BCUT2D eigenvalue weighted by molar-refractivity contribution is -0.113. The maximum absolute atomic E-state index is 13.4. The highest BCUT2D eigenvalue weighted by Gasteiger charge is 2.15. The monoisotopic (exact) mass is 550 g/mol. The molecule has 0 aliphatic carbocycles. The third-order valence-electron chi connectivity index (χ3n) is 5.98. The van der Waals surface area contributed by atoms with Gasteiger partial charge in [-0.05, 0) is 78.4 Å². The summed E-state index contributed by atoms with van der Waals surface area (Å²) in [5.74, 6) is -0.679. The zero-order chi connectivity index (χ0) is 29.2. The van der Waals surface area contributed by atoms with E-state index in [1.807, 2.05) is 0 Å². The van der Waals surface area contributed by atoms with E-state index < -0.39 is 17.6 Å². The van der Waals surface area contributed by atoms with Gasteiger partial charge < -0.3 is 20.1 Å². The average molecular weight is 551 g/mol. The molecule has 0 aromatic heterocycles. The van der Waals surface area contributed by atoms with Crippen LogP contribution in [0, 0.1) is 5.82 Å². The number of benzene rings is 4. The van der Waals surface area contributed by atoms with Crippen LogP contribution in [0.3, 0.4) is 0 Å². The van der Waals surface area contributed by atoms with Crippen molar-refractivity contribution in [2.75, 3.05) is 19.5 Å². The molecule has 7 nitrogen and oxygen atoms in total. The van der Waals surface area contributed by atoms with E-state index in [-0.39, 0.29) is 11.5 Å². The fourth-order valence-corrected chi connectivity index (χ4v) is 3.89. The predicted molar refractivity (Wildman–Crippen MR) is 156 cm³/mol. The van der Waals surface area contributed by atoms with Crippen LogP contribution in [-0.4, -0.2) is 31.8 Å². The Labute approximate surface area is 236 Å². The Kier molecular flexibility index (Phi) is 9.41. The Morgan fingerprint density at radius 1 is 0.756 bits per heavy atom. The molecule has 4 aromatic carbocycles. The van der Waals surface area contributed by atoms with Gasteiger partial charge in [0.1, 0.15) is 11.5 Å². The van der Waals surface area contributed by atoms with Crippen molar-refractivity contribution >= 4 is 35.4 Å². The van der Waals surface area contributed by atoms with Gasteiger partial charge in [0.15, 0.2) is 17.3 Å². The molecule has 206 valence electrons. The van der Waals surface area contributed by atoms with Gasteiger partial charge in [-0.25, -0.2) is 4.39 Å². The SMILES string of the molecule is COc1cccc(/C=C/C(=O)c2ccc(NC(=O)/C(=C/c3ccc(F)cc3)NC(=O)c3ccccc3)cc2)c1OC. The molecule has 0 bridgehead atoms. The molecule has 41 heavy (non-hydrogen) atoms. The Bertz CT molecular complexity index is 1600. The molecule has 0 fully saturated rings. The van der Waals surface area contributed by atoms with E-state index in [0.29, 0.717) is 39.4 Å². The van der Waals surface area contributed by atoms with Crippen molar-refractivity contribution in [3.63, 3.8) is 0 Å². The second kappa shape index (κ2) is 13.5. The number of ether oxygens (including phenoxy) is 2. The molecule has 8 heteroatoms. The van der Waals surface area contributed by atoms with Crippen LogP contribution < -0.4 is 20.1 Å². The standard InChI is InChI=1S/C33H27FN2O5/c1-40-30-10-6-9-24(31(30)41-2)15-20-29(37)23-13-18-27(19-14-23)35-33(39)28(21-22-11-16-26(34)17-12-22)36-32(38)25-7-4-3-5-8-25/h3-21H,1-2H3,(H,35,39)(H,36,38)/b20-15+,28-21-. The third kappa shape index (κ3) is 7.54. The number of hydrogen-bond donors (Lipinski definition) is 2. The lowest BCUT2D eigenvalue weighted by Crippen LogP contribution is -2.30. The van der Waals surface area contributed by atoms with Crippen molar-refractivity contribution in [1.82, 2.24) is 5.32 Å². The molecule has 4 rings (SSSR count). The second-order valence-electron chi connectivity index (χ2n) is 8.74. The maximum Gasteiger partial charge on any atom is 0.272 e. The highest BCUT2D eigenvalue weighted by atomic mass is 19.1. The summed E-state index contributed by atoms with van der Waals surface area (Å²) in [6, 6.07) is 25.6. The molecule has 0 spiro atoms. The zero-order valence-corrected chi connectivity index (χ0v) is 22.4. The van der Waals surface area contributed by atoms with Crippen LogP contribution in [0.2, 0.25) is 0 Å². The Balaban J connectivity index is 1.49. The van der Waals surface area contributed by atoms with Gasteiger partial charge >= 0.3 is 0 Å². The molecule has 0 saturated heterocycles. The van der Waals surface area contributed by atoms with Crippen molar-refractivity contribution in [3.05, 3.63) is 137 Å². The number of amides is 2. The number of carbonyl (C=O) groups excluding carboxylic acids is 3. The number of methoxy groups -OCH3 is 2. The highest BCUT2D eigenvalue weighted by molar-refractivity contribution is 6.11. The number of para-hydroxylation sites is 1. The van der Waals surface area contributed by atoms with E-state index in [4.69, 9.17) is 9.47 Å². The minimum Gasteiger partial charge on any atom is -0.493 e. The topological polar surface area (TPSA) is 93.7 Å². The first-order valence-electron chi connectivity index (χ1n) is 12.6. The molecule has 0 radical (unpaired) electrons. The summed E-state index contributed by atoms with van der Waals surface area (Å²) in [5, 5.41) is 5.36. The van der Waals surface area contributed by atoms with Gasteiger partial charge in [0.25, 0.3) is 11.8 Å². The van der Waals surface area contributed by atoms with E-state index in [1.165, 1.54) is 50.6 Å². The molecule has 2 N–H and O–H groups in total. The number of ketones is 1. The largest absolute Gasteiger partial charge is 0.493 e. The number of hydrogen-bond acceptors (Lipinski definition) is 5. The Morgan fingerprint density at radius 3 is 2.12 bits per heavy atom. The summed E-state index contributed by atoms with van der Waals surface area (Å²) in [4.78, 5) is 38.7. The van der Waals surface area contributed by atoms with Gasteiger partial charge in [0, 0.05) is 22.4 Å². The summed E-state index contributed by atoms with van der Waals surface area (Å²) >= 11 is 0. The van der Waals surface area contributed by atoms with Crippen molar-refractivity contribution in [2.45, 2.75) is 0 Å². The van der Waals surface area contributed by atoms with Gasteiger partial charge in [-0.3, -0.25) is 14.4 Å². The highest BCUT2D eigenvalue weighted by Crippen LogP contribution is 2.31. The molecule has 0 aliphatic heterocycles. The van der Waals surface area contributed by atoms with Gasteiger partial charge in [-0.15, -0.1) is 0 Å². The summed E-state index contributed by atoms with van der Waals surface area (Å²) in [6.45, 7) is 0. The van der Waals surface area contributed by atoms with Crippen LogP contribution in [-0.2, 0) is 4.79 Å². The van der Waals surface area contributed by atoms with E-state index in [9.17, 15) is 18.8 Å². The predicted octanol–water partition coefficient (Wildman–Crippen LogP) is 6.15. The van der Waals surface area contributed by atoms with Crippen LogP contribution in [0.25, 0.3) is 12.2 Å². The molecule has 0 heterocycles. The van der Waals surface area contributed by atoms with Crippen molar-refractivity contribution in [2.24, 2.45) is 0 Å². The van der Waals surface area contributed by atoms with Crippen LogP contribution >= 0.6 is 0 Å². The van der Waals surface area contributed by atoms with Crippen molar-refractivity contribution in [1.29, 1.82) is 0 Å². The van der Waals surface area contributed by atoms with Crippen LogP contribution in [0.5, 0.6) is 11.5 Å². The average Bonchev–Trinajstić information content (AvgIpc) is 3.01. The minimum absolute atomic E-state index is 0.0409. The van der Waals surface area contributed by atoms with E-state index >= 15 is 0 Å². The van der Waals surface area contributed by atoms with E-state index in [2.05, 4.69) is 10.6 Å². The first-order valence-corrected chi connectivity index (χ1v) is 12.6. The number of nitrogens with one attached hydrogen (secondary N) is 2. The molecule has 0 saturated carbocycles. The second-order valence-corrected chi connectivity index (χ2v) is 8.74. The first kappa shape index (κ1) is 28.5. The lowest BCUT2D eigenvalue weighted by atomic mass is 10.1. The van der Waals surface area contributed by atoms with Crippen LogP contribution in [0.1, 0.15) is 31.8 Å². The fraction of sp³-hybridized carbons (Fsp3) is 0.0606. The van der Waals surface area contributed by atoms with Crippen molar-refractivity contribution in [3.8, 4) is 11.5 Å². The number of allylic oxidation sites excluding steroid dienone is 1. The molecule has 0 unspecified atom stereocenters. The first-order chi connectivity index (χ1) is 19.9. The van der Waals surface area contributed by atoms with Crippen LogP contribution in [0.15, 0.2) is 109 Å². The van der Waals surface area contributed by atoms with E-state index in [0.717, 1.165) is 0 Å². The smallest absolute Gasteiger partial charge is 0.272 e. The third-order valence-corrected chi connectivity index (χ3v) is 5.98. The summed E-state index contributed by atoms with van der Waals surface area (Å²) in [7, 11) is 3.06. The van der Waals surface area contributed by atoms with Crippen molar-refractivity contribution < 1.29 is 28.2 Å². The Morgan fingerprint density at radius 2 is 1.46 bits per heavy atom. The quantitative estimate of drug-likeness (QED) is 0.183. The van der Waals surface area contributed by atoms with Crippen LogP contribution in [0.4, 0.5) is 10.1 Å². The maximum atomic E-state index is 13.4. The van der Waals surface area contributed by atoms with Gasteiger partial charge in [-0.1, -0.05) is 42.5 Å². The summed E-state index contributed by atoms with van der Waals surface area (Å²) in [5.41, 5.74) is 2.34. The number of carbonyl (C=O) groups is 3. The number of halogens is 1. The van der Waals surface area contributed by atoms with E-state index in [1.54, 1.807) is 78.9 Å². The number of anilines is 1. The molecular formula is C33H27FN2O5. The lowest BCUT2D eigenvalue weighted by Gasteiger charge is -2.12. The molecule has 0 atom stereocenters. The summed E-state index contributed by atoms with van der Waals surface area (Å²) < 4.78 is 24.1. The molecule has 4 aromatic rings. The zero-order valence-electron chi connectivity index (χ0n) is 22.4. The molecule has 0 aliphatic rings. The molecular weight excluding hydrogens is 523 g/mol. The molecule has 2 amide bonds. The Hall–Kier alpha value is -5.50. The van der Waals surface area contributed by atoms with Gasteiger partial charge in [-0.2, -0.15) is 0 Å². The van der Waals surface area contributed by atoms with Gasteiger partial charge in [0.2, 0.25) is 0 Å². The van der Waals surface area contributed by atoms with Gasteiger partial charge in [0.05, 0.1) is 14.2 Å².